The van der Waals surface area contributed by atoms with Gasteiger partial charge in [-0.15, -0.1) is 0 Å². The van der Waals surface area contributed by atoms with Gasteiger partial charge in [0, 0.05) is 30.6 Å². The van der Waals surface area contributed by atoms with E-state index in [1.54, 1.807) is 7.11 Å². The fourth-order valence-electron chi connectivity index (χ4n) is 2.38. The molecule has 2 N–H and O–H groups in total. The average Bonchev–Trinajstić information content (AvgIpc) is 3.29. The second-order valence-corrected chi connectivity index (χ2v) is 6.18. The highest BCUT2D eigenvalue weighted by Gasteiger charge is 2.33. The van der Waals surface area contributed by atoms with Gasteiger partial charge in [-0.05, 0) is 24.8 Å². The third kappa shape index (κ3) is 4.21. The summed E-state index contributed by atoms with van der Waals surface area (Å²) in [7, 11) is 1.66. The molecule has 1 aromatic rings. The van der Waals surface area contributed by atoms with Crippen molar-refractivity contribution in [1.82, 2.24) is 4.90 Å². The van der Waals surface area contributed by atoms with Crippen LogP contribution in [0.25, 0.3) is 0 Å². The minimum Gasteiger partial charge on any atom is -0.496 e. The molecule has 2 rings (SSSR count). The summed E-state index contributed by atoms with van der Waals surface area (Å²) in [5.41, 5.74) is 7.11. The van der Waals surface area contributed by atoms with E-state index in [1.807, 2.05) is 29.2 Å². The molecule has 0 aromatic heterocycles. The molecule has 0 bridgehead atoms. The minimum atomic E-state index is -0.0728. The van der Waals surface area contributed by atoms with Crippen LogP contribution in [-0.4, -0.2) is 30.0 Å². The van der Waals surface area contributed by atoms with Gasteiger partial charge in [-0.2, -0.15) is 0 Å². The first-order valence-electron chi connectivity index (χ1n) is 7.70. The number of rotatable bonds is 7. The summed E-state index contributed by atoms with van der Waals surface area (Å²) < 4.78 is 5.38. The van der Waals surface area contributed by atoms with Crippen molar-refractivity contribution in [3.63, 3.8) is 0 Å². The highest BCUT2D eigenvalue weighted by molar-refractivity contribution is 5.77. The lowest BCUT2D eigenvalue weighted by Crippen LogP contribution is -2.38. The Hall–Kier alpha value is -1.55. The summed E-state index contributed by atoms with van der Waals surface area (Å²) in [6, 6.07) is 8.18. The highest BCUT2D eigenvalue weighted by Crippen LogP contribution is 2.31. The smallest absolute Gasteiger partial charge is 0.224 e. The Labute approximate surface area is 127 Å². The van der Waals surface area contributed by atoms with Crippen LogP contribution in [0.2, 0.25) is 0 Å². The van der Waals surface area contributed by atoms with E-state index in [0.717, 1.165) is 24.2 Å². The summed E-state index contributed by atoms with van der Waals surface area (Å²) >= 11 is 0. The Bertz CT molecular complexity index is 483. The molecule has 116 valence electrons. The fraction of sp³-hybridized carbons (Fsp3) is 0.588. The van der Waals surface area contributed by atoms with Crippen LogP contribution in [0.5, 0.6) is 5.75 Å². The standard InChI is InChI=1S/C17H26N2O2/c1-12(2)15(18)10-17(20)19(14-8-9-14)11-13-6-4-5-7-16(13)21-3/h4-7,12,14-15H,8-11,18H2,1-3H3. The van der Waals surface area contributed by atoms with Crippen molar-refractivity contribution in [2.24, 2.45) is 11.7 Å². The minimum absolute atomic E-state index is 0.0728. The fourth-order valence-corrected chi connectivity index (χ4v) is 2.38. The second kappa shape index (κ2) is 6.94. The first kappa shape index (κ1) is 15.8. The first-order chi connectivity index (χ1) is 10.0. The summed E-state index contributed by atoms with van der Waals surface area (Å²) in [4.78, 5) is 14.5. The Morgan fingerprint density at radius 3 is 2.62 bits per heavy atom. The molecule has 1 amide bonds. The maximum Gasteiger partial charge on any atom is 0.224 e. The van der Waals surface area contributed by atoms with Gasteiger partial charge < -0.3 is 15.4 Å². The molecule has 0 radical (unpaired) electrons. The zero-order chi connectivity index (χ0) is 15.4. The van der Waals surface area contributed by atoms with Crippen molar-refractivity contribution < 1.29 is 9.53 Å². The van der Waals surface area contributed by atoms with Crippen LogP contribution in [0.4, 0.5) is 0 Å². The molecule has 1 fully saturated rings. The van der Waals surface area contributed by atoms with Crippen molar-refractivity contribution in [3.05, 3.63) is 29.8 Å². The number of nitrogens with zero attached hydrogens (tertiary/aromatic N) is 1. The lowest BCUT2D eigenvalue weighted by atomic mass is 10.0. The van der Waals surface area contributed by atoms with Crippen molar-refractivity contribution >= 4 is 5.91 Å². The van der Waals surface area contributed by atoms with Crippen LogP contribution in [0.15, 0.2) is 24.3 Å². The third-order valence-electron chi connectivity index (χ3n) is 4.11. The van der Waals surface area contributed by atoms with Crippen LogP contribution in [0, 0.1) is 5.92 Å². The monoisotopic (exact) mass is 290 g/mol. The number of hydrogen-bond acceptors (Lipinski definition) is 3. The van der Waals surface area contributed by atoms with Crippen molar-refractivity contribution in [2.45, 2.75) is 51.7 Å². The van der Waals surface area contributed by atoms with E-state index in [0.29, 0.717) is 24.9 Å². The van der Waals surface area contributed by atoms with Crippen molar-refractivity contribution in [3.8, 4) is 5.75 Å². The average molecular weight is 290 g/mol. The summed E-state index contributed by atoms with van der Waals surface area (Å²) in [6.45, 7) is 4.72. The van der Waals surface area contributed by atoms with Gasteiger partial charge in [-0.25, -0.2) is 0 Å². The Morgan fingerprint density at radius 2 is 2.05 bits per heavy atom. The first-order valence-corrected chi connectivity index (χ1v) is 7.70. The lowest BCUT2D eigenvalue weighted by molar-refractivity contribution is -0.133. The molecule has 1 unspecified atom stereocenters. The molecule has 0 aliphatic heterocycles. The number of hydrogen-bond donors (Lipinski definition) is 1. The number of ether oxygens (including phenoxy) is 1. The van der Waals surface area contributed by atoms with E-state index in [4.69, 9.17) is 10.5 Å². The van der Waals surface area contributed by atoms with E-state index < -0.39 is 0 Å². The number of methoxy groups -OCH3 is 1. The van der Waals surface area contributed by atoms with Gasteiger partial charge in [0.2, 0.25) is 5.91 Å². The number of carbonyl (C=O) groups is 1. The molecule has 0 spiro atoms. The van der Waals surface area contributed by atoms with Gasteiger partial charge in [-0.3, -0.25) is 4.79 Å². The van der Waals surface area contributed by atoms with Crippen LogP contribution in [-0.2, 0) is 11.3 Å². The molecule has 1 aliphatic rings. The quantitative estimate of drug-likeness (QED) is 0.839. The summed E-state index contributed by atoms with van der Waals surface area (Å²) in [5.74, 6) is 1.31. The molecule has 1 saturated carbocycles. The topological polar surface area (TPSA) is 55.6 Å². The van der Waals surface area contributed by atoms with Crippen LogP contribution in [0.1, 0.15) is 38.7 Å². The van der Waals surface area contributed by atoms with Crippen LogP contribution < -0.4 is 10.5 Å². The van der Waals surface area contributed by atoms with E-state index in [1.165, 1.54) is 0 Å². The maximum atomic E-state index is 12.5. The van der Waals surface area contributed by atoms with E-state index in [-0.39, 0.29) is 11.9 Å². The molecule has 0 saturated heterocycles. The van der Waals surface area contributed by atoms with Gasteiger partial charge in [-0.1, -0.05) is 32.0 Å². The molecule has 4 nitrogen and oxygen atoms in total. The SMILES string of the molecule is COc1ccccc1CN(C(=O)CC(N)C(C)C)C1CC1. The zero-order valence-corrected chi connectivity index (χ0v) is 13.2. The molecule has 1 aromatic carbocycles. The molecule has 4 heteroatoms. The third-order valence-corrected chi connectivity index (χ3v) is 4.11. The number of amides is 1. The van der Waals surface area contributed by atoms with Gasteiger partial charge in [0.15, 0.2) is 0 Å². The van der Waals surface area contributed by atoms with Gasteiger partial charge in [0.1, 0.15) is 5.75 Å². The highest BCUT2D eigenvalue weighted by atomic mass is 16.5. The molecule has 1 atom stereocenters. The summed E-state index contributed by atoms with van der Waals surface area (Å²) in [5, 5.41) is 0. The van der Waals surface area contributed by atoms with Gasteiger partial charge in [0.25, 0.3) is 0 Å². The molecule has 1 aliphatic carbocycles. The van der Waals surface area contributed by atoms with Gasteiger partial charge >= 0.3 is 0 Å². The maximum absolute atomic E-state index is 12.5. The molecule has 0 heterocycles. The zero-order valence-electron chi connectivity index (χ0n) is 13.2. The predicted octanol–water partition coefficient (Wildman–Crippen LogP) is 2.56. The second-order valence-electron chi connectivity index (χ2n) is 6.18. The lowest BCUT2D eigenvalue weighted by Gasteiger charge is -2.26. The van der Waals surface area contributed by atoms with Crippen molar-refractivity contribution in [2.75, 3.05) is 7.11 Å². The Kier molecular flexibility index (Phi) is 5.23. The predicted molar refractivity (Wildman–Crippen MR) is 84.0 cm³/mol. The normalized spacial score (nSPS) is 15.9. The van der Waals surface area contributed by atoms with Gasteiger partial charge in [0.05, 0.1) is 7.11 Å². The largest absolute Gasteiger partial charge is 0.496 e. The van der Waals surface area contributed by atoms with Crippen molar-refractivity contribution in [1.29, 1.82) is 0 Å². The Morgan fingerprint density at radius 1 is 1.38 bits per heavy atom. The molecule has 21 heavy (non-hydrogen) atoms. The number of benzene rings is 1. The molecular weight excluding hydrogens is 264 g/mol. The number of nitrogens with two attached hydrogens (primary N) is 1. The van der Waals surface area contributed by atoms with E-state index in [9.17, 15) is 4.79 Å². The van der Waals surface area contributed by atoms with Crippen LogP contribution in [0.3, 0.4) is 0 Å². The number of carbonyl (C=O) groups excluding carboxylic acids is 1. The van der Waals surface area contributed by atoms with E-state index >= 15 is 0 Å². The summed E-state index contributed by atoms with van der Waals surface area (Å²) in [6.07, 6.45) is 2.61. The Balaban J connectivity index is 2.07. The molecular formula is C17H26N2O2. The number of para-hydroxylation sites is 1. The van der Waals surface area contributed by atoms with E-state index in [2.05, 4.69) is 13.8 Å². The van der Waals surface area contributed by atoms with Crippen LogP contribution >= 0.6 is 0 Å².